The molecule has 0 saturated carbocycles. The standard InChI is InChI=1S/C14H13BrO2S/c1-8-6-10(7-9(2)14(8)17-3)13(16)11-4-5-12(15)18-11/h4-7H,1-3H3. The fourth-order valence-electron chi connectivity index (χ4n) is 1.98. The SMILES string of the molecule is COc1c(C)cc(C(=O)c2ccc(Br)s2)cc1C. The molecular formula is C14H13BrO2S. The second-order valence-corrected chi connectivity index (χ2v) is 6.54. The highest BCUT2D eigenvalue weighted by molar-refractivity contribution is 9.11. The number of aryl methyl sites for hydroxylation is 2. The number of thiophene rings is 1. The van der Waals surface area contributed by atoms with Crippen molar-refractivity contribution in [3.05, 3.63) is 49.6 Å². The van der Waals surface area contributed by atoms with E-state index in [1.807, 2.05) is 38.1 Å². The number of ketones is 1. The highest BCUT2D eigenvalue weighted by atomic mass is 79.9. The third-order valence-electron chi connectivity index (χ3n) is 2.72. The normalized spacial score (nSPS) is 10.4. The minimum Gasteiger partial charge on any atom is -0.496 e. The molecule has 18 heavy (non-hydrogen) atoms. The maximum atomic E-state index is 12.3. The zero-order chi connectivity index (χ0) is 13.3. The number of benzene rings is 1. The summed E-state index contributed by atoms with van der Waals surface area (Å²) in [6, 6.07) is 7.48. The fraction of sp³-hybridized carbons (Fsp3) is 0.214. The topological polar surface area (TPSA) is 26.3 Å². The molecule has 0 aliphatic carbocycles. The van der Waals surface area contributed by atoms with Crippen LogP contribution in [0.3, 0.4) is 0 Å². The zero-order valence-electron chi connectivity index (χ0n) is 10.4. The smallest absolute Gasteiger partial charge is 0.203 e. The van der Waals surface area contributed by atoms with Gasteiger partial charge < -0.3 is 4.74 Å². The van der Waals surface area contributed by atoms with Crippen molar-refractivity contribution < 1.29 is 9.53 Å². The Morgan fingerprint density at radius 3 is 2.28 bits per heavy atom. The van der Waals surface area contributed by atoms with Crippen molar-refractivity contribution in [2.75, 3.05) is 7.11 Å². The molecule has 4 heteroatoms. The number of carbonyl (C=O) groups is 1. The molecule has 0 N–H and O–H groups in total. The van der Waals surface area contributed by atoms with Gasteiger partial charge >= 0.3 is 0 Å². The minimum absolute atomic E-state index is 0.0551. The zero-order valence-corrected chi connectivity index (χ0v) is 12.8. The molecule has 2 nitrogen and oxygen atoms in total. The first kappa shape index (κ1) is 13.3. The van der Waals surface area contributed by atoms with E-state index in [4.69, 9.17) is 4.74 Å². The lowest BCUT2D eigenvalue weighted by Gasteiger charge is -2.10. The summed E-state index contributed by atoms with van der Waals surface area (Å²) in [5.74, 6) is 0.901. The molecule has 2 aromatic rings. The first-order chi connectivity index (χ1) is 8.52. The second kappa shape index (κ2) is 5.24. The van der Waals surface area contributed by atoms with Crippen LogP contribution < -0.4 is 4.74 Å². The van der Waals surface area contributed by atoms with Crippen LogP contribution in [0.5, 0.6) is 5.75 Å². The summed E-state index contributed by atoms with van der Waals surface area (Å²) >= 11 is 4.82. The quantitative estimate of drug-likeness (QED) is 0.784. The van der Waals surface area contributed by atoms with Crippen molar-refractivity contribution in [2.24, 2.45) is 0 Å². The average Bonchev–Trinajstić information content (AvgIpc) is 2.74. The number of halogens is 1. The van der Waals surface area contributed by atoms with Gasteiger partial charge in [0.1, 0.15) is 5.75 Å². The minimum atomic E-state index is 0.0551. The van der Waals surface area contributed by atoms with Crippen molar-refractivity contribution in [1.82, 2.24) is 0 Å². The van der Waals surface area contributed by atoms with E-state index in [2.05, 4.69) is 15.9 Å². The summed E-state index contributed by atoms with van der Waals surface area (Å²) in [5, 5.41) is 0. The Labute approximate surface area is 119 Å². The van der Waals surface area contributed by atoms with Gasteiger partial charge in [-0.1, -0.05) is 0 Å². The molecule has 0 bridgehead atoms. The molecule has 0 spiro atoms. The predicted octanol–water partition coefficient (Wildman–Crippen LogP) is 4.37. The van der Waals surface area contributed by atoms with Crippen LogP contribution in [0.1, 0.15) is 26.4 Å². The molecule has 0 radical (unpaired) electrons. The van der Waals surface area contributed by atoms with Gasteiger partial charge in [-0.2, -0.15) is 0 Å². The molecule has 0 fully saturated rings. The maximum absolute atomic E-state index is 12.3. The van der Waals surface area contributed by atoms with Crippen LogP contribution in [0.25, 0.3) is 0 Å². The Kier molecular flexibility index (Phi) is 3.88. The van der Waals surface area contributed by atoms with E-state index in [-0.39, 0.29) is 5.78 Å². The van der Waals surface area contributed by atoms with Crippen molar-refractivity contribution in [3.63, 3.8) is 0 Å². The maximum Gasteiger partial charge on any atom is 0.203 e. The Bertz CT molecular complexity index is 579. The van der Waals surface area contributed by atoms with Gasteiger partial charge in [-0.25, -0.2) is 0 Å². The number of rotatable bonds is 3. The van der Waals surface area contributed by atoms with Gasteiger partial charge in [0, 0.05) is 5.56 Å². The number of carbonyl (C=O) groups excluding carboxylic acids is 1. The van der Waals surface area contributed by atoms with Gasteiger partial charge in [-0.05, 0) is 65.2 Å². The van der Waals surface area contributed by atoms with Crippen LogP contribution in [-0.2, 0) is 0 Å². The summed E-state index contributed by atoms with van der Waals surface area (Å²) in [6.07, 6.45) is 0. The predicted molar refractivity (Wildman–Crippen MR) is 77.9 cm³/mol. The van der Waals surface area contributed by atoms with Crippen molar-refractivity contribution in [1.29, 1.82) is 0 Å². The van der Waals surface area contributed by atoms with E-state index in [1.54, 1.807) is 7.11 Å². The third-order valence-corrected chi connectivity index (χ3v) is 4.35. The van der Waals surface area contributed by atoms with Crippen LogP contribution in [0, 0.1) is 13.8 Å². The average molecular weight is 325 g/mol. The Morgan fingerprint density at radius 2 is 1.83 bits per heavy atom. The second-order valence-electron chi connectivity index (χ2n) is 4.08. The van der Waals surface area contributed by atoms with Crippen LogP contribution in [0.4, 0.5) is 0 Å². The summed E-state index contributed by atoms with van der Waals surface area (Å²) in [5.41, 5.74) is 2.67. The lowest BCUT2D eigenvalue weighted by atomic mass is 10.0. The highest BCUT2D eigenvalue weighted by Gasteiger charge is 2.14. The summed E-state index contributed by atoms with van der Waals surface area (Å²) in [7, 11) is 1.65. The molecule has 0 amide bonds. The number of hydrogen-bond donors (Lipinski definition) is 0. The van der Waals surface area contributed by atoms with Gasteiger partial charge in [-0.15, -0.1) is 11.3 Å². The summed E-state index contributed by atoms with van der Waals surface area (Å²) in [4.78, 5) is 13.1. The fourth-order valence-corrected chi connectivity index (χ4v) is 3.33. The first-order valence-corrected chi connectivity index (χ1v) is 7.09. The largest absolute Gasteiger partial charge is 0.496 e. The van der Waals surface area contributed by atoms with E-state index < -0.39 is 0 Å². The van der Waals surface area contributed by atoms with E-state index in [0.29, 0.717) is 5.56 Å². The van der Waals surface area contributed by atoms with Crippen LogP contribution in [0.15, 0.2) is 28.1 Å². The van der Waals surface area contributed by atoms with E-state index in [0.717, 1.165) is 25.5 Å². The Balaban J connectivity index is 2.43. The van der Waals surface area contributed by atoms with Crippen LogP contribution >= 0.6 is 27.3 Å². The lowest BCUT2D eigenvalue weighted by Crippen LogP contribution is -2.01. The molecule has 2 rings (SSSR count). The first-order valence-electron chi connectivity index (χ1n) is 5.48. The molecular weight excluding hydrogens is 312 g/mol. The van der Waals surface area contributed by atoms with Gasteiger partial charge in [0.25, 0.3) is 0 Å². The molecule has 1 heterocycles. The molecule has 1 aromatic carbocycles. The number of ether oxygens (including phenoxy) is 1. The van der Waals surface area contributed by atoms with E-state index in [9.17, 15) is 4.79 Å². The lowest BCUT2D eigenvalue weighted by molar-refractivity contribution is 0.104. The molecule has 0 aliphatic rings. The van der Waals surface area contributed by atoms with Crippen molar-refractivity contribution in [3.8, 4) is 5.75 Å². The molecule has 0 atom stereocenters. The third kappa shape index (κ3) is 2.49. The molecule has 0 unspecified atom stereocenters. The van der Waals surface area contributed by atoms with Crippen molar-refractivity contribution >= 4 is 33.0 Å². The van der Waals surface area contributed by atoms with Gasteiger partial charge in [0.2, 0.25) is 5.78 Å². The van der Waals surface area contributed by atoms with Gasteiger partial charge in [0.15, 0.2) is 0 Å². The molecule has 94 valence electrons. The van der Waals surface area contributed by atoms with Crippen LogP contribution in [0.2, 0.25) is 0 Å². The molecule has 1 aromatic heterocycles. The molecule has 0 aliphatic heterocycles. The van der Waals surface area contributed by atoms with E-state index in [1.165, 1.54) is 11.3 Å². The Morgan fingerprint density at radius 1 is 1.22 bits per heavy atom. The number of methoxy groups -OCH3 is 1. The van der Waals surface area contributed by atoms with Crippen LogP contribution in [-0.4, -0.2) is 12.9 Å². The monoisotopic (exact) mass is 324 g/mol. The van der Waals surface area contributed by atoms with E-state index >= 15 is 0 Å². The summed E-state index contributed by atoms with van der Waals surface area (Å²) in [6.45, 7) is 3.90. The highest BCUT2D eigenvalue weighted by Crippen LogP contribution is 2.28. The van der Waals surface area contributed by atoms with Gasteiger partial charge in [0.05, 0.1) is 15.8 Å². The van der Waals surface area contributed by atoms with Gasteiger partial charge in [-0.3, -0.25) is 4.79 Å². The van der Waals surface area contributed by atoms with Crippen molar-refractivity contribution in [2.45, 2.75) is 13.8 Å². The molecule has 0 saturated heterocycles. The number of hydrogen-bond acceptors (Lipinski definition) is 3. The summed E-state index contributed by atoms with van der Waals surface area (Å²) < 4.78 is 6.27. The Hall–Kier alpha value is -1.13.